The highest BCUT2D eigenvalue weighted by Crippen LogP contribution is 2.30. The molecule has 0 amide bonds. The van der Waals surface area contributed by atoms with E-state index in [1.54, 1.807) is 13.3 Å². The Morgan fingerprint density at radius 2 is 1.72 bits per heavy atom. The molecule has 0 saturated heterocycles. The summed E-state index contributed by atoms with van der Waals surface area (Å²) in [6.45, 7) is 3.89. The van der Waals surface area contributed by atoms with Crippen molar-refractivity contribution in [3.8, 4) is 28.6 Å². The van der Waals surface area contributed by atoms with Crippen molar-refractivity contribution in [3.63, 3.8) is 0 Å². The molecular weight excluding hydrogens is 633 g/mol. The molecule has 3 aromatic carbocycles. The van der Waals surface area contributed by atoms with Gasteiger partial charge < -0.3 is 14.2 Å². The van der Waals surface area contributed by atoms with Crippen molar-refractivity contribution in [1.29, 1.82) is 0 Å². The lowest BCUT2D eigenvalue weighted by Crippen LogP contribution is -2.18. The Morgan fingerprint density at radius 1 is 1.04 bits per heavy atom. The number of hydrazone groups is 1. The zero-order valence-electron chi connectivity index (χ0n) is 26.0. The predicted molar refractivity (Wildman–Crippen MR) is 174 cm³/mol. The molecule has 1 fully saturated rings. The molecule has 0 aliphatic heterocycles. The minimum atomic E-state index is -4.76. The molecular formula is C33H33F3N6O4S. The highest BCUT2D eigenvalue weighted by molar-refractivity contribution is 8.13. The molecule has 1 saturated carbocycles. The first-order valence-corrected chi connectivity index (χ1v) is 15.8. The van der Waals surface area contributed by atoms with Crippen LogP contribution < -0.4 is 14.9 Å². The van der Waals surface area contributed by atoms with E-state index in [1.165, 1.54) is 47.0 Å². The molecule has 1 aromatic heterocycles. The molecule has 1 aliphatic carbocycles. The van der Waals surface area contributed by atoms with E-state index in [-0.39, 0.29) is 23.6 Å². The quantitative estimate of drug-likeness (QED) is 0.0609. The molecule has 14 heteroatoms. The minimum absolute atomic E-state index is 0.0340. The van der Waals surface area contributed by atoms with Gasteiger partial charge in [0.15, 0.2) is 11.0 Å². The van der Waals surface area contributed by atoms with Gasteiger partial charge in [-0.05, 0) is 91.5 Å². The number of benzene rings is 3. The largest absolute Gasteiger partial charge is 0.573 e. The smallest absolute Gasteiger partial charge is 0.497 e. The first-order chi connectivity index (χ1) is 22.6. The lowest BCUT2D eigenvalue weighted by atomic mass is 10.1. The Morgan fingerprint density at radius 3 is 2.36 bits per heavy atom. The molecule has 0 bridgehead atoms. The summed E-state index contributed by atoms with van der Waals surface area (Å²) >= 11 is 1.24. The molecule has 0 radical (unpaired) electrons. The van der Waals surface area contributed by atoms with Crippen molar-refractivity contribution in [2.75, 3.05) is 13.0 Å². The van der Waals surface area contributed by atoms with Crippen molar-refractivity contribution in [2.24, 2.45) is 16.0 Å². The molecule has 1 heterocycles. The second-order valence-corrected chi connectivity index (χ2v) is 11.7. The number of amidine groups is 1. The number of thioether (sulfide) groups is 1. The van der Waals surface area contributed by atoms with E-state index in [1.807, 2.05) is 50.2 Å². The molecule has 0 spiro atoms. The number of aromatic nitrogens is 3. The number of carbonyl (C=O) groups is 1. The zero-order chi connectivity index (χ0) is 33.4. The van der Waals surface area contributed by atoms with Crippen LogP contribution in [-0.4, -0.2) is 51.5 Å². The molecule has 1 N–H and O–H groups in total. The monoisotopic (exact) mass is 666 g/mol. The van der Waals surface area contributed by atoms with Gasteiger partial charge in [0.05, 0.1) is 30.6 Å². The van der Waals surface area contributed by atoms with Crippen LogP contribution in [0.4, 0.5) is 18.9 Å². The SMILES string of the molecule is COc1cc(C)c(/N=C(/N/N=C/c2ccc(-c3ncn(-c4ccc(OC(F)(F)F)cc4)n3)cc2)SCOC(=O)C2CCCC2)c(C)c1. The summed E-state index contributed by atoms with van der Waals surface area (Å²) in [5, 5.41) is 9.27. The van der Waals surface area contributed by atoms with Crippen molar-refractivity contribution in [3.05, 3.63) is 83.7 Å². The van der Waals surface area contributed by atoms with Crippen LogP contribution in [0, 0.1) is 19.8 Å². The van der Waals surface area contributed by atoms with Gasteiger partial charge in [-0.25, -0.2) is 14.7 Å². The number of ether oxygens (including phenoxy) is 3. The summed E-state index contributed by atoms with van der Waals surface area (Å²) < 4.78 is 53.6. The van der Waals surface area contributed by atoms with Gasteiger partial charge in [-0.3, -0.25) is 10.2 Å². The Balaban J connectivity index is 1.24. The lowest BCUT2D eigenvalue weighted by Gasteiger charge is -2.12. The third-order valence-corrected chi connectivity index (χ3v) is 8.06. The van der Waals surface area contributed by atoms with Crippen molar-refractivity contribution < 1.29 is 32.2 Å². The van der Waals surface area contributed by atoms with Crippen LogP contribution in [-0.2, 0) is 9.53 Å². The molecule has 1 aliphatic rings. The maximum absolute atomic E-state index is 12.4. The number of halogens is 3. The first-order valence-electron chi connectivity index (χ1n) is 14.8. The Labute approximate surface area is 274 Å². The predicted octanol–water partition coefficient (Wildman–Crippen LogP) is 7.49. The number of nitrogens with zero attached hydrogens (tertiary/aromatic N) is 5. The normalized spacial score (nSPS) is 14.0. The van der Waals surface area contributed by atoms with Gasteiger partial charge in [0.2, 0.25) is 0 Å². The van der Waals surface area contributed by atoms with Gasteiger partial charge in [-0.15, -0.1) is 18.3 Å². The van der Waals surface area contributed by atoms with E-state index in [4.69, 9.17) is 14.5 Å². The number of aliphatic imine (C=N–C) groups is 1. The summed E-state index contributed by atoms with van der Waals surface area (Å²) in [6.07, 6.45) is 2.18. The van der Waals surface area contributed by atoms with Crippen LogP contribution >= 0.6 is 11.8 Å². The summed E-state index contributed by atoms with van der Waals surface area (Å²) in [4.78, 5) is 21.5. The number of hydrogen-bond donors (Lipinski definition) is 1. The number of methoxy groups -OCH3 is 1. The van der Waals surface area contributed by atoms with E-state index in [0.29, 0.717) is 16.7 Å². The van der Waals surface area contributed by atoms with Crippen LogP contribution in [0.3, 0.4) is 0 Å². The van der Waals surface area contributed by atoms with Crippen LogP contribution in [0.2, 0.25) is 0 Å². The third kappa shape index (κ3) is 9.35. The highest BCUT2D eigenvalue weighted by atomic mass is 32.2. The molecule has 4 aromatic rings. The van der Waals surface area contributed by atoms with Gasteiger partial charge >= 0.3 is 12.3 Å². The lowest BCUT2D eigenvalue weighted by molar-refractivity contribution is -0.274. The minimum Gasteiger partial charge on any atom is -0.497 e. The third-order valence-electron chi connectivity index (χ3n) is 7.37. The molecule has 246 valence electrons. The van der Waals surface area contributed by atoms with E-state index < -0.39 is 6.36 Å². The fourth-order valence-electron chi connectivity index (χ4n) is 5.02. The molecule has 5 rings (SSSR count). The summed E-state index contributed by atoms with van der Waals surface area (Å²) in [5.41, 5.74) is 7.65. The summed E-state index contributed by atoms with van der Waals surface area (Å²) in [7, 11) is 1.62. The average molecular weight is 667 g/mol. The van der Waals surface area contributed by atoms with Crippen LogP contribution in [0.5, 0.6) is 11.5 Å². The second kappa shape index (κ2) is 15.2. The summed E-state index contributed by atoms with van der Waals surface area (Å²) in [6, 6.07) is 16.5. The number of rotatable bonds is 10. The molecule has 0 atom stereocenters. The number of esters is 1. The maximum atomic E-state index is 12.4. The molecule has 47 heavy (non-hydrogen) atoms. The van der Waals surface area contributed by atoms with Gasteiger partial charge in [-0.2, -0.15) is 5.10 Å². The van der Waals surface area contributed by atoms with E-state index in [0.717, 1.165) is 59.4 Å². The number of aryl methyl sites for hydroxylation is 2. The van der Waals surface area contributed by atoms with Gasteiger partial charge in [0.25, 0.3) is 0 Å². The van der Waals surface area contributed by atoms with Gasteiger partial charge in [0.1, 0.15) is 23.8 Å². The van der Waals surface area contributed by atoms with Gasteiger partial charge in [-0.1, -0.05) is 37.1 Å². The van der Waals surface area contributed by atoms with Crippen molar-refractivity contribution in [1.82, 2.24) is 20.2 Å². The number of hydrogen-bond acceptors (Lipinski definition) is 9. The van der Waals surface area contributed by atoms with Crippen LogP contribution in [0.1, 0.15) is 42.4 Å². The average Bonchev–Trinajstić information content (AvgIpc) is 3.76. The van der Waals surface area contributed by atoms with Crippen LogP contribution in [0.25, 0.3) is 17.1 Å². The van der Waals surface area contributed by atoms with Crippen molar-refractivity contribution >= 4 is 34.8 Å². The van der Waals surface area contributed by atoms with E-state index in [9.17, 15) is 18.0 Å². The first kappa shape index (κ1) is 33.5. The zero-order valence-corrected chi connectivity index (χ0v) is 26.8. The molecule has 10 nitrogen and oxygen atoms in total. The van der Waals surface area contributed by atoms with Crippen LogP contribution in [0.15, 0.2) is 77.1 Å². The Bertz CT molecular complexity index is 1710. The number of alkyl halides is 3. The topological polar surface area (TPSA) is 112 Å². The van der Waals surface area contributed by atoms with E-state index >= 15 is 0 Å². The van der Waals surface area contributed by atoms with Gasteiger partial charge in [0, 0.05) is 5.56 Å². The fraction of sp³-hybridized carbons (Fsp3) is 0.303. The molecule has 0 unspecified atom stereocenters. The maximum Gasteiger partial charge on any atom is 0.573 e. The second-order valence-electron chi connectivity index (χ2n) is 10.8. The fourth-order valence-corrected chi connectivity index (χ4v) is 5.58. The number of nitrogens with one attached hydrogen (secondary N) is 1. The standard InChI is InChI=1S/C33H33F3N6O4S/c1-21-16-28(44-3)17-22(2)29(21)39-32(47-20-45-31(43)25-6-4-5-7-25)40-38-18-23-8-10-24(11-9-23)30-37-19-42(41-30)26-12-14-27(15-13-26)46-33(34,35)36/h8-19,25H,4-7,20H2,1-3H3,(H,39,40)/b38-18+. The Hall–Kier alpha value is -4.85. The summed E-state index contributed by atoms with van der Waals surface area (Å²) in [5.74, 6) is 0.744. The number of carbonyl (C=O) groups excluding carboxylic acids is 1. The van der Waals surface area contributed by atoms with E-state index in [2.05, 4.69) is 25.3 Å². The van der Waals surface area contributed by atoms with Crippen molar-refractivity contribution in [2.45, 2.75) is 45.9 Å². The Kier molecular flexibility index (Phi) is 10.8. The highest BCUT2D eigenvalue weighted by Gasteiger charge is 2.31.